The van der Waals surface area contributed by atoms with Crippen LogP contribution in [0.4, 0.5) is 0 Å². The molecule has 0 aliphatic rings. The Balaban J connectivity index is 3.99. The molecule has 0 amide bonds. The Bertz CT molecular complexity index is 151. The molecule has 0 bridgehead atoms. The molecule has 18 heavy (non-hydrogen) atoms. The number of ether oxygens (including phenoxy) is 1. The number of methoxy groups -OCH3 is 1. The SMILES string of the molecule is CCCCCC(CCCCC)NC(CC)COC. The van der Waals surface area contributed by atoms with Gasteiger partial charge in [0.1, 0.15) is 0 Å². The van der Waals surface area contributed by atoms with Crippen molar-refractivity contribution in [2.75, 3.05) is 13.7 Å². The first-order valence-electron chi connectivity index (χ1n) is 8.03. The highest BCUT2D eigenvalue weighted by molar-refractivity contribution is 4.73. The van der Waals surface area contributed by atoms with Gasteiger partial charge in [-0.2, -0.15) is 0 Å². The summed E-state index contributed by atoms with van der Waals surface area (Å²) in [6, 6.07) is 1.23. The van der Waals surface area contributed by atoms with Gasteiger partial charge in [-0.15, -0.1) is 0 Å². The Morgan fingerprint density at radius 2 is 1.39 bits per heavy atom. The quantitative estimate of drug-likeness (QED) is 0.489. The molecule has 0 aromatic carbocycles. The van der Waals surface area contributed by atoms with Crippen molar-refractivity contribution < 1.29 is 4.74 Å². The number of rotatable bonds is 13. The van der Waals surface area contributed by atoms with Crippen LogP contribution in [0.5, 0.6) is 0 Å². The average molecular weight is 257 g/mol. The monoisotopic (exact) mass is 257 g/mol. The molecule has 110 valence electrons. The van der Waals surface area contributed by atoms with E-state index in [-0.39, 0.29) is 0 Å². The number of hydrogen-bond donors (Lipinski definition) is 1. The first-order chi connectivity index (χ1) is 8.78. The van der Waals surface area contributed by atoms with E-state index in [0.717, 1.165) is 13.0 Å². The van der Waals surface area contributed by atoms with Crippen LogP contribution in [0.1, 0.15) is 78.6 Å². The molecule has 1 N–H and O–H groups in total. The fourth-order valence-corrected chi connectivity index (χ4v) is 2.41. The second kappa shape index (κ2) is 13.4. The van der Waals surface area contributed by atoms with Crippen LogP contribution in [0.15, 0.2) is 0 Å². The first-order valence-corrected chi connectivity index (χ1v) is 8.03. The Morgan fingerprint density at radius 3 is 1.78 bits per heavy atom. The lowest BCUT2D eigenvalue weighted by Crippen LogP contribution is -2.40. The van der Waals surface area contributed by atoms with Crippen LogP contribution in [-0.4, -0.2) is 25.8 Å². The molecule has 1 unspecified atom stereocenters. The van der Waals surface area contributed by atoms with Crippen LogP contribution in [0.2, 0.25) is 0 Å². The minimum atomic E-state index is 0.531. The van der Waals surface area contributed by atoms with E-state index in [2.05, 4.69) is 26.1 Å². The Labute approximate surface area is 115 Å². The van der Waals surface area contributed by atoms with Gasteiger partial charge in [0.25, 0.3) is 0 Å². The summed E-state index contributed by atoms with van der Waals surface area (Å²) in [4.78, 5) is 0. The predicted octanol–water partition coefficient (Wildman–Crippen LogP) is 4.53. The topological polar surface area (TPSA) is 21.3 Å². The van der Waals surface area contributed by atoms with Crippen molar-refractivity contribution >= 4 is 0 Å². The maximum absolute atomic E-state index is 5.28. The minimum Gasteiger partial charge on any atom is -0.383 e. The lowest BCUT2D eigenvalue weighted by Gasteiger charge is -2.25. The zero-order chi connectivity index (χ0) is 13.6. The lowest BCUT2D eigenvalue weighted by molar-refractivity contribution is 0.155. The van der Waals surface area contributed by atoms with Gasteiger partial charge in [0.2, 0.25) is 0 Å². The standard InChI is InChI=1S/C16H35NO/c1-5-8-10-12-16(13-11-9-6-2)17-15(7-3)14-18-4/h15-17H,5-14H2,1-4H3. The van der Waals surface area contributed by atoms with Gasteiger partial charge >= 0.3 is 0 Å². The predicted molar refractivity (Wildman–Crippen MR) is 81.2 cm³/mol. The van der Waals surface area contributed by atoms with E-state index >= 15 is 0 Å². The molecule has 0 spiro atoms. The Kier molecular flexibility index (Phi) is 13.3. The maximum atomic E-state index is 5.28. The van der Waals surface area contributed by atoms with E-state index in [4.69, 9.17) is 4.74 Å². The third-order valence-corrected chi connectivity index (χ3v) is 3.64. The smallest absolute Gasteiger partial charge is 0.0615 e. The zero-order valence-electron chi connectivity index (χ0n) is 13.1. The molecule has 0 fully saturated rings. The minimum absolute atomic E-state index is 0.531. The summed E-state index contributed by atoms with van der Waals surface area (Å²) >= 11 is 0. The third-order valence-electron chi connectivity index (χ3n) is 3.64. The molecule has 0 aliphatic carbocycles. The lowest BCUT2D eigenvalue weighted by atomic mass is 10.0. The van der Waals surface area contributed by atoms with Gasteiger partial charge in [0.05, 0.1) is 6.61 Å². The van der Waals surface area contributed by atoms with Crippen LogP contribution in [0.25, 0.3) is 0 Å². The third kappa shape index (κ3) is 9.90. The fraction of sp³-hybridized carbons (Fsp3) is 1.00. The van der Waals surface area contributed by atoms with Crippen molar-refractivity contribution in [3.8, 4) is 0 Å². The number of unbranched alkanes of at least 4 members (excludes halogenated alkanes) is 4. The molecule has 0 radical (unpaired) electrons. The van der Waals surface area contributed by atoms with Crippen LogP contribution in [0, 0.1) is 0 Å². The second-order valence-corrected chi connectivity index (χ2v) is 5.42. The van der Waals surface area contributed by atoms with E-state index < -0.39 is 0 Å². The molecule has 1 atom stereocenters. The van der Waals surface area contributed by atoms with Crippen LogP contribution >= 0.6 is 0 Å². The largest absolute Gasteiger partial charge is 0.383 e. The van der Waals surface area contributed by atoms with E-state index in [9.17, 15) is 0 Å². The highest BCUT2D eigenvalue weighted by Crippen LogP contribution is 2.12. The summed E-state index contributed by atoms with van der Waals surface area (Å²) in [5.41, 5.74) is 0. The molecule has 0 heterocycles. The van der Waals surface area contributed by atoms with Gasteiger partial charge in [-0.05, 0) is 19.3 Å². The summed E-state index contributed by atoms with van der Waals surface area (Å²) < 4.78 is 5.28. The Morgan fingerprint density at radius 1 is 0.833 bits per heavy atom. The molecule has 0 aromatic rings. The molecular formula is C16H35NO. The van der Waals surface area contributed by atoms with Crippen molar-refractivity contribution in [1.29, 1.82) is 0 Å². The molecule has 0 aliphatic heterocycles. The molecule has 0 saturated carbocycles. The average Bonchev–Trinajstić information content (AvgIpc) is 2.38. The summed E-state index contributed by atoms with van der Waals surface area (Å²) in [5.74, 6) is 0. The van der Waals surface area contributed by atoms with E-state index in [1.54, 1.807) is 7.11 Å². The number of nitrogens with one attached hydrogen (secondary N) is 1. The van der Waals surface area contributed by atoms with Crippen molar-refractivity contribution in [2.24, 2.45) is 0 Å². The molecule has 2 heteroatoms. The van der Waals surface area contributed by atoms with Crippen LogP contribution in [-0.2, 0) is 4.74 Å². The molecule has 2 nitrogen and oxygen atoms in total. The van der Waals surface area contributed by atoms with E-state index in [1.807, 2.05) is 0 Å². The molecular weight excluding hydrogens is 222 g/mol. The van der Waals surface area contributed by atoms with Gasteiger partial charge in [0.15, 0.2) is 0 Å². The van der Waals surface area contributed by atoms with Gasteiger partial charge in [0, 0.05) is 19.2 Å². The maximum Gasteiger partial charge on any atom is 0.0615 e. The van der Waals surface area contributed by atoms with Gasteiger partial charge in [-0.1, -0.05) is 59.3 Å². The zero-order valence-corrected chi connectivity index (χ0v) is 13.1. The summed E-state index contributed by atoms with van der Waals surface area (Å²) in [6.45, 7) is 7.64. The highest BCUT2D eigenvalue weighted by Gasteiger charge is 2.13. The summed E-state index contributed by atoms with van der Waals surface area (Å²) in [5, 5.41) is 3.80. The van der Waals surface area contributed by atoms with Crippen molar-refractivity contribution in [3.63, 3.8) is 0 Å². The van der Waals surface area contributed by atoms with E-state index in [0.29, 0.717) is 12.1 Å². The van der Waals surface area contributed by atoms with Gasteiger partial charge < -0.3 is 10.1 Å². The van der Waals surface area contributed by atoms with Crippen molar-refractivity contribution in [3.05, 3.63) is 0 Å². The fourth-order valence-electron chi connectivity index (χ4n) is 2.41. The van der Waals surface area contributed by atoms with E-state index in [1.165, 1.54) is 51.4 Å². The van der Waals surface area contributed by atoms with Crippen LogP contribution in [0.3, 0.4) is 0 Å². The number of hydrogen-bond acceptors (Lipinski definition) is 2. The summed E-state index contributed by atoms with van der Waals surface area (Å²) in [6.07, 6.45) is 11.9. The normalized spacial score (nSPS) is 13.2. The van der Waals surface area contributed by atoms with Gasteiger partial charge in [-0.3, -0.25) is 0 Å². The van der Waals surface area contributed by atoms with Crippen molar-refractivity contribution in [1.82, 2.24) is 5.32 Å². The summed E-state index contributed by atoms with van der Waals surface area (Å²) in [7, 11) is 1.80. The second-order valence-electron chi connectivity index (χ2n) is 5.42. The Hall–Kier alpha value is -0.0800. The first kappa shape index (κ1) is 17.9. The van der Waals surface area contributed by atoms with Crippen LogP contribution < -0.4 is 5.32 Å². The molecule has 0 saturated heterocycles. The van der Waals surface area contributed by atoms with Crippen molar-refractivity contribution in [2.45, 2.75) is 90.6 Å². The highest BCUT2D eigenvalue weighted by atomic mass is 16.5. The van der Waals surface area contributed by atoms with Gasteiger partial charge in [-0.25, -0.2) is 0 Å². The molecule has 0 rings (SSSR count). The molecule has 0 aromatic heterocycles.